The third-order valence-corrected chi connectivity index (χ3v) is 6.05. The highest BCUT2D eigenvalue weighted by atomic mass is 16.5. The van der Waals surface area contributed by atoms with Gasteiger partial charge in [0, 0.05) is 5.69 Å². The molecule has 33 heavy (non-hydrogen) atoms. The van der Waals surface area contributed by atoms with Crippen LogP contribution in [0.3, 0.4) is 0 Å². The van der Waals surface area contributed by atoms with Gasteiger partial charge in [-0.3, -0.25) is 14.5 Å². The van der Waals surface area contributed by atoms with Gasteiger partial charge in [0.25, 0.3) is 5.91 Å². The van der Waals surface area contributed by atoms with Crippen LogP contribution in [0.4, 0.5) is 5.69 Å². The highest BCUT2D eigenvalue weighted by Crippen LogP contribution is 2.41. The SMILES string of the molecule is CCCCOc1ccc(C2c3c(oc4ccccc4c3=O)C(=O)N2c2ccc(C)cc2)cc1. The lowest BCUT2D eigenvalue weighted by Crippen LogP contribution is -2.29. The van der Waals surface area contributed by atoms with E-state index in [-0.39, 0.29) is 17.1 Å². The summed E-state index contributed by atoms with van der Waals surface area (Å²) in [5, 5.41) is 0.472. The van der Waals surface area contributed by atoms with E-state index in [2.05, 4.69) is 6.92 Å². The molecular weight excluding hydrogens is 414 g/mol. The van der Waals surface area contributed by atoms with Crippen molar-refractivity contribution in [1.82, 2.24) is 0 Å². The summed E-state index contributed by atoms with van der Waals surface area (Å²) in [6.45, 7) is 4.78. The van der Waals surface area contributed by atoms with Gasteiger partial charge in [0.1, 0.15) is 11.3 Å². The first-order valence-electron chi connectivity index (χ1n) is 11.3. The van der Waals surface area contributed by atoms with Crippen LogP contribution in [0.5, 0.6) is 5.75 Å². The van der Waals surface area contributed by atoms with Crippen LogP contribution in [-0.4, -0.2) is 12.5 Å². The van der Waals surface area contributed by atoms with E-state index < -0.39 is 6.04 Å². The number of anilines is 1. The van der Waals surface area contributed by atoms with Crippen molar-refractivity contribution in [2.75, 3.05) is 11.5 Å². The summed E-state index contributed by atoms with van der Waals surface area (Å²) in [7, 11) is 0. The summed E-state index contributed by atoms with van der Waals surface area (Å²) in [5.74, 6) is 0.557. The minimum absolute atomic E-state index is 0.104. The van der Waals surface area contributed by atoms with Gasteiger partial charge < -0.3 is 9.15 Å². The number of carbonyl (C=O) groups excluding carboxylic acids is 1. The largest absolute Gasteiger partial charge is 0.494 e. The number of nitrogens with zero attached hydrogens (tertiary/aromatic N) is 1. The fraction of sp³-hybridized carbons (Fsp3) is 0.214. The zero-order chi connectivity index (χ0) is 22.9. The van der Waals surface area contributed by atoms with Crippen LogP contribution in [0, 0.1) is 6.92 Å². The number of fused-ring (bicyclic) bond motifs is 2. The zero-order valence-corrected chi connectivity index (χ0v) is 18.7. The molecule has 1 aliphatic rings. The maximum absolute atomic E-state index is 13.6. The molecule has 1 aromatic heterocycles. The lowest BCUT2D eigenvalue weighted by Gasteiger charge is -2.25. The van der Waals surface area contributed by atoms with Crippen molar-refractivity contribution in [3.05, 3.63) is 105 Å². The minimum Gasteiger partial charge on any atom is -0.494 e. The minimum atomic E-state index is -0.583. The van der Waals surface area contributed by atoms with Gasteiger partial charge in [-0.15, -0.1) is 0 Å². The normalized spacial score (nSPS) is 15.2. The molecule has 0 N–H and O–H groups in total. The summed E-state index contributed by atoms with van der Waals surface area (Å²) in [4.78, 5) is 28.8. The molecule has 0 spiro atoms. The number of amides is 1. The van der Waals surface area contributed by atoms with E-state index in [1.807, 2.05) is 55.5 Å². The van der Waals surface area contributed by atoms with Crippen LogP contribution in [0.15, 0.2) is 82.0 Å². The third kappa shape index (κ3) is 3.69. The summed E-state index contributed by atoms with van der Waals surface area (Å²) < 4.78 is 11.8. The van der Waals surface area contributed by atoms with Gasteiger partial charge in [-0.1, -0.05) is 55.3 Å². The highest BCUT2D eigenvalue weighted by Gasteiger charge is 2.43. The Hall–Kier alpha value is -3.86. The van der Waals surface area contributed by atoms with Crippen LogP contribution in [0.2, 0.25) is 0 Å². The van der Waals surface area contributed by atoms with Crippen LogP contribution >= 0.6 is 0 Å². The molecule has 166 valence electrons. The van der Waals surface area contributed by atoms with Crippen molar-refractivity contribution in [2.45, 2.75) is 32.7 Å². The number of hydrogen-bond acceptors (Lipinski definition) is 4. The molecule has 0 saturated carbocycles. The van der Waals surface area contributed by atoms with E-state index in [1.54, 1.807) is 29.2 Å². The van der Waals surface area contributed by atoms with E-state index in [9.17, 15) is 9.59 Å². The van der Waals surface area contributed by atoms with E-state index in [0.29, 0.717) is 28.8 Å². The fourth-order valence-corrected chi connectivity index (χ4v) is 4.29. The molecule has 3 aromatic carbocycles. The maximum atomic E-state index is 13.6. The Morgan fingerprint density at radius 3 is 2.39 bits per heavy atom. The number of hydrogen-bond donors (Lipinski definition) is 0. The quantitative estimate of drug-likeness (QED) is 0.344. The first-order chi connectivity index (χ1) is 16.1. The topological polar surface area (TPSA) is 59.8 Å². The third-order valence-electron chi connectivity index (χ3n) is 6.05. The molecule has 0 fully saturated rings. The molecule has 5 nitrogen and oxygen atoms in total. The van der Waals surface area contributed by atoms with Crippen molar-refractivity contribution < 1.29 is 13.9 Å². The van der Waals surface area contributed by atoms with Gasteiger partial charge in [0.15, 0.2) is 5.43 Å². The second-order valence-corrected chi connectivity index (χ2v) is 8.35. The van der Waals surface area contributed by atoms with E-state index in [4.69, 9.17) is 9.15 Å². The number of unbranched alkanes of at least 4 members (excludes halogenated alkanes) is 1. The standard InChI is InChI=1S/C28H25NO4/c1-3-4-17-32-21-15-11-19(12-16-21)25-24-26(30)22-7-5-6-8-23(22)33-27(24)28(31)29(25)20-13-9-18(2)10-14-20/h5-16,25H,3-4,17H2,1-2H3. The lowest BCUT2D eigenvalue weighted by molar-refractivity contribution is 0.0971. The molecule has 5 rings (SSSR count). The number of rotatable bonds is 6. The summed E-state index contributed by atoms with van der Waals surface area (Å²) >= 11 is 0. The number of ether oxygens (including phenoxy) is 1. The fourth-order valence-electron chi connectivity index (χ4n) is 4.29. The Labute approximate surface area is 192 Å². The molecule has 1 amide bonds. The van der Waals surface area contributed by atoms with Crippen LogP contribution < -0.4 is 15.1 Å². The molecule has 0 radical (unpaired) electrons. The zero-order valence-electron chi connectivity index (χ0n) is 18.7. The molecule has 0 bridgehead atoms. The lowest BCUT2D eigenvalue weighted by atomic mass is 9.98. The number of benzene rings is 3. The Kier molecular flexibility index (Phi) is 5.47. The first kappa shape index (κ1) is 21.0. The molecule has 1 atom stereocenters. The Balaban J connectivity index is 1.66. The van der Waals surface area contributed by atoms with Gasteiger partial charge in [-0.05, 0) is 55.3 Å². The van der Waals surface area contributed by atoms with Crippen LogP contribution in [0.25, 0.3) is 11.0 Å². The van der Waals surface area contributed by atoms with Gasteiger partial charge in [0.2, 0.25) is 5.76 Å². The molecule has 0 saturated heterocycles. The van der Waals surface area contributed by atoms with E-state index in [1.165, 1.54) is 0 Å². The van der Waals surface area contributed by atoms with Crippen LogP contribution in [0.1, 0.15) is 53.1 Å². The number of para-hydroxylation sites is 1. The maximum Gasteiger partial charge on any atom is 0.295 e. The smallest absolute Gasteiger partial charge is 0.295 e. The molecule has 2 heterocycles. The second-order valence-electron chi connectivity index (χ2n) is 8.35. The summed E-state index contributed by atoms with van der Waals surface area (Å²) in [5.41, 5.74) is 3.25. The molecule has 0 aliphatic carbocycles. The first-order valence-corrected chi connectivity index (χ1v) is 11.3. The monoisotopic (exact) mass is 439 g/mol. The van der Waals surface area contributed by atoms with Crippen molar-refractivity contribution in [1.29, 1.82) is 0 Å². The molecular formula is C28H25NO4. The number of carbonyl (C=O) groups is 1. The Morgan fingerprint density at radius 2 is 1.67 bits per heavy atom. The Morgan fingerprint density at radius 1 is 0.939 bits per heavy atom. The van der Waals surface area contributed by atoms with Crippen molar-refractivity contribution in [3.8, 4) is 5.75 Å². The molecule has 5 heteroatoms. The van der Waals surface area contributed by atoms with E-state index in [0.717, 1.165) is 29.7 Å². The van der Waals surface area contributed by atoms with Gasteiger partial charge in [-0.25, -0.2) is 0 Å². The highest BCUT2D eigenvalue weighted by molar-refractivity contribution is 6.10. The van der Waals surface area contributed by atoms with Crippen molar-refractivity contribution in [3.63, 3.8) is 0 Å². The second kappa shape index (κ2) is 8.58. The van der Waals surface area contributed by atoms with Gasteiger partial charge in [0.05, 0.1) is 23.6 Å². The Bertz CT molecular complexity index is 1370. The van der Waals surface area contributed by atoms with Crippen molar-refractivity contribution >= 4 is 22.6 Å². The molecule has 1 unspecified atom stereocenters. The summed E-state index contributed by atoms with van der Waals surface area (Å²) in [6, 6.07) is 21.8. The average molecular weight is 440 g/mol. The molecule has 4 aromatic rings. The van der Waals surface area contributed by atoms with Crippen molar-refractivity contribution in [2.24, 2.45) is 0 Å². The predicted molar refractivity (Wildman–Crippen MR) is 129 cm³/mol. The van der Waals surface area contributed by atoms with E-state index >= 15 is 0 Å². The van der Waals surface area contributed by atoms with Gasteiger partial charge >= 0.3 is 0 Å². The van der Waals surface area contributed by atoms with Crippen LogP contribution in [-0.2, 0) is 0 Å². The van der Waals surface area contributed by atoms with Gasteiger partial charge in [-0.2, -0.15) is 0 Å². The average Bonchev–Trinajstić information content (AvgIpc) is 3.13. The number of aryl methyl sites for hydroxylation is 1. The summed E-state index contributed by atoms with van der Waals surface area (Å²) in [6.07, 6.45) is 2.05. The molecule has 1 aliphatic heterocycles. The predicted octanol–water partition coefficient (Wildman–Crippen LogP) is 6.03.